The number of benzene rings is 3. The second-order valence-corrected chi connectivity index (χ2v) is 6.76. The van der Waals surface area contributed by atoms with Crippen LogP contribution in [0.15, 0.2) is 97.3 Å². The van der Waals surface area contributed by atoms with Crippen LogP contribution >= 0.6 is 0 Å². The van der Waals surface area contributed by atoms with Gasteiger partial charge in [0.15, 0.2) is 0 Å². The highest BCUT2D eigenvalue weighted by Gasteiger charge is 2.16. The molecular weight excluding hydrogens is 328 g/mol. The van der Waals surface area contributed by atoms with Gasteiger partial charge in [0.1, 0.15) is 0 Å². The number of para-hydroxylation sites is 1. The highest BCUT2D eigenvalue weighted by Crippen LogP contribution is 2.40. The fraction of sp³-hybridized carbons (Fsp3) is 0.0800. The van der Waals surface area contributed by atoms with E-state index in [2.05, 4.69) is 109 Å². The summed E-state index contributed by atoms with van der Waals surface area (Å²) >= 11 is 0. The first-order chi connectivity index (χ1) is 13.2. The zero-order chi connectivity index (χ0) is 18.6. The summed E-state index contributed by atoms with van der Waals surface area (Å²) in [5.74, 6) is 0. The van der Waals surface area contributed by atoms with Gasteiger partial charge in [0.05, 0.1) is 5.69 Å². The number of nitrogens with zero attached hydrogens (tertiary/aromatic N) is 2. The first-order valence-corrected chi connectivity index (χ1v) is 9.15. The van der Waals surface area contributed by atoms with Crippen LogP contribution in [-0.2, 0) is 0 Å². The van der Waals surface area contributed by atoms with Crippen molar-refractivity contribution < 1.29 is 0 Å². The normalized spacial score (nSPS) is 10.6. The van der Waals surface area contributed by atoms with Crippen molar-refractivity contribution in [3.63, 3.8) is 0 Å². The van der Waals surface area contributed by atoms with E-state index in [0.717, 1.165) is 22.6 Å². The quantitative estimate of drug-likeness (QED) is 0.401. The third-order valence-electron chi connectivity index (χ3n) is 4.72. The predicted octanol–water partition coefficient (Wildman–Crippen LogP) is 6.84. The zero-order valence-corrected chi connectivity index (χ0v) is 15.6. The van der Waals surface area contributed by atoms with Crippen LogP contribution in [-0.4, -0.2) is 4.98 Å². The lowest BCUT2D eigenvalue weighted by molar-refractivity contribution is 1.26. The van der Waals surface area contributed by atoms with E-state index in [4.69, 9.17) is 0 Å². The molecule has 0 N–H and O–H groups in total. The molecule has 0 aliphatic rings. The number of aromatic nitrogens is 1. The molecule has 0 atom stereocenters. The molecule has 27 heavy (non-hydrogen) atoms. The number of anilines is 3. The maximum Gasteiger partial charge on any atom is 0.0540 e. The number of hydrogen-bond acceptors (Lipinski definition) is 2. The highest BCUT2D eigenvalue weighted by molar-refractivity contribution is 5.87. The lowest BCUT2D eigenvalue weighted by Crippen LogP contribution is -2.11. The molecule has 0 fully saturated rings. The maximum atomic E-state index is 4.17. The fourth-order valence-corrected chi connectivity index (χ4v) is 3.26. The van der Waals surface area contributed by atoms with E-state index >= 15 is 0 Å². The van der Waals surface area contributed by atoms with Gasteiger partial charge in [0.25, 0.3) is 0 Å². The maximum absolute atomic E-state index is 4.17. The van der Waals surface area contributed by atoms with Crippen molar-refractivity contribution in [2.75, 3.05) is 4.90 Å². The Morgan fingerprint density at radius 2 is 1.11 bits per heavy atom. The average Bonchev–Trinajstić information content (AvgIpc) is 2.72. The Bertz CT molecular complexity index is 974. The van der Waals surface area contributed by atoms with Crippen molar-refractivity contribution in [3.8, 4) is 11.1 Å². The number of pyridine rings is 1. The molecule has 132 valence electrons. The van der Waals surface area contributed by atoms with Crippen LogP contribution in [0.4, 0.5) is 17.1 Å². The van der Waals surface area contributed by atoms with Gasteiger partial charge in [-0.2, -0.15) is 0 Å². The van der Waals surface area contributed by atoms with Crippen molar-refractivity contribution in [1.82, 2.24) is 4.98 Å². The van der Waals surface area contributed by atoms with E-state index in [1.165, 1.54) is 16.7 Å². The molecule has 0 saturated heterocycles. The minimum absolute atomic E-state index is 1.14. The van der Waals surface area contributed by atoms with Crippen LogP contribution in [0, 0.1) is 13.8 Å². The van der Waals surface area contributed by atoms with Gasteiger partial charge in [-0.25, -0.2) is 0 Å². The number of hydrogen-bond donors (Lipinski definition) is 0. The van der Waals surface area contributed by atoms with E-state index in [0.29, 0.717) is 0 Å². The second kappa shape index (κ2) is 7.46. The molecule has 0 radical (unpaired) electrons. The Morgan fingerprint density at radius 3 is 1.67 bits per heavy atom. The average molecular weight is 350 g/mol. The summed E-state index contributed by atoms with van der Waals surface area (Å²) in [4.78, 5) is 6.48. The molecule has 0 aliphatic carbocycles. The molecule has 0 aliphatic heterocycles. The minimum atomic E-state index is 1.14. The van der Waals surface area contributed by atoms with E-state index < -0.39 is 0 Å². The van der Waals surface area contributed by atoms with Crippen LogP contribution in [0.25, 0.3) is 11.1 Å². The van der Waals surface area contributed by atoms with Crippen LogP contribution in [0.5, 0.6) is 0 Å². The Labute approximate surface area is 160 Å². The third-order valence-corrected chi connectivity index (χ3v) is 4.72. The molecule has 4 rings (SSSR count). The number of aryl methyl sites for hydroxylation is 2. The first kappa shape index (κ1) is 17.0. The molecule has 0 unspecified atom stereocenters. The van der Waals surface area contributed by atoms with Crippen molar-refractivity contribution >= 4 is 17.1 Å². The molecule has 1 aromatic heterocycles. The van der Waals surface area contributed by atoms with Crippen LogP contribution in [0.1, 0.15) is 11.1 Å². The van der Waals surface area contributed by atoms with E-state index in [1.54, 1.807) is 0 Å². The van der Waals surface area contributed by atoms with Crippen molar-refractivity contribution in [2.24, 2.45) is 0 Å². The molecule has 0 spiro atoms. The summed E-state index contributed by atoms with van der Waals surface area (Å²) in [7, 11) is 0. The SMILES string of the molecule is Cc1ccc(N(c2ccc(C)cc2)c2ccccc2-c2ccncc2)cc1. The standard InChI is InChI=1S/C25H22N2/c1-19-7-11-22(12-8-19)27(23-13-9-20(2)10-14-23)25-6-4-3-5-24(25)21-15-17-26-18-16-21/h3-18H,1-2H3. The summed E-state index contributed by atoms with van der Waals surface area (Å²) in [5, 5.41) is 0. The third kappa shape index (κ3) is 3.61. The Kier molecular flexibility index (Phi) is 4.71. The molecule has 0 bridgehead atoms. The topological polar surface area (TPSA) is 16.1 Å². The van der Waals surface area contributed by atoms with Crippen molar-refractivity contribution in [3.05, 3.63) is 108 Å². The molecule has 2 nitrogen and oxygen atoms in total. The van der Waals surface area contributed by atoms with Gasteiger partial charge in [-0.1, -0.05) is 53.6 Å². The van der Waals surface area contributed by atoms with Gasteiger partial charge < -0.3 is 4.90 Å². The second-order valence-electron chi connectivity index (χ2n) is 6.76. The van der Waals surface area contributed by atoms with Crippen molar-refractivity contribution in [2.45, 2.75) is 13.8 Å². The van der Waals surface area contributed by atoms with Gasteiger partial charge in [0.2, 0.25) is 0 Å². The van der Waals surface area contributed by atoms with Crippen molar-refractivity contribution in [1.29, 1.82) is 0 Å². The van der Waals surface area contributed by atoms with Gasteiger partial charge in [-0.15, -0.1) is 0 Å². The summed E-state index contributed by atoms with van der Waals surface area (Å²) < 4.78 is 0. The molecule has 3 aromatic carbocycles. The molecule has 4 aromatic rings. The summed E-state index contributed by atoms with van der Waals surface area (Å²) in [6.07, 6.45) is 3.68. The Morgan fingerprint density at radius 1 is 0.593 bits per heavy atom. The van der Waals surface area contributed by atoms with Gasteiger partial charge in [0, 0.05) is 29.3 Å². The van der Waals surface area contributed by atoms with E-state index in [9.17, 15) is 0 Å². The highest BCUT2D eigenvalue weighted by atomic mass is 15.1. The minimum Gasteiger partial charge on any atom is -0.310 e. The Balaban J connectivity index is 1.92. The zero-order valence-electron chi connectivity index (χ0n) is 15.6. The molecule has 2 heteroatoms. The fourth-order valence-electron chi connectivity index (χ4n) is 3.26. The largest absolute Gasteiger partial charge is 0.310 e. The summed E-state index contributed by atoms with van der Waals surface area (Å²) in [6.45, 7) is 4.23. The summed E-state index contributed by atoms with van der Waals surface area (Å²) in [5.41, 5.74) is 8.29. The molecule has 1 heterocycles. The van der Waals surface area contributed by atoms with Gasteiger partial charge in [-0.05, 0) is 61.9 Å². The molecule has 0 saturated carbocycles. The van der Waals surface area contributed by atoms with Crippen LogP contribution in [0.3, 0.4) is 0 Å². The monoisotopic (exact) mass is 350 g/mol. The lowest BCUT2D eigenvalue weighted by atomic mass is 10.0. The molecular formula is C25H22N2. The first-order valence-electron chi connectivity index (χ1n) is 9.15. The lowest BCUT2D eigenvalue weighted by Gasteiger charge is -2.28. The molecule has 0 amide bonds. The number of rotatable bonds is 4. The smallest absolute Gasteiger partial charge is 0.0540 e. The Hall–Kier alpha value is -3.39. The van der Waals surface area contributed by atoms with E-state index in [-0.39, 0.29) is 0 Å². The van der Waals surface area contributed by atoms with Crippen LogP contribution < -0.4 is 4.90 Å². The van der Waals surface area contributed by atoms with Crippen LogP contribution in [0.2, 0.25) is 0 Å². The predicted molar refractivity (Wildman–Crippen MR) is 114 cm³/mol. The summed E-state index contributed by atoms with van der Waals surface area (Å²) in [6, 6.07) is 30.0. The van der Waals surface area contributed by atoms with Gasteiger partial charge >= 0.3 is 0 Å². The van der Waals surface area contributed by atoms with Gasteiger partial charge in [-0.3, -0.25) is 4.98 Å². The van der Waals surface area contributed by atoms with E-state index in [1.807, 2.05) is 12.4 Å².